The van der Waals surface area contributed by atoms with Crippen LogP contribution >= 0.6 is 0 Å². The molecule has 1 saturated carbocycles. The molecule has 2 unspecified atom stereocenters. The number of nitrogens with zero attached hydrogens (tertiary/aromatic N) is 1. The van der Waals surface area contributed by atoms with E-state index in [0.29, 0.717) is 17.5 Å². The van der Waals surface area contributed by atoms with Crippen molar-refractivity contribution < 1.29 is 9.47 Å². The summed E-state index contributed by atoms with van der Waals surface area (Å²) >= 11 is 0. The Bertz CT molecular complexity index is 307. The van der Waals surface area contributed by atoms with E-state index in [9.17, 15) is 0 Å². The minimum Gasteiger partial charge on any atom is -0.385 e. The van der Waals surface area contributed by atoms with Gasteiger partial charge in [-0.2, -0.15) is 0 Å². The quantitative estimate of drug-likeness (QED) is 0.661. The van der Waals surface area contributed by atoms with Gasteiger partial charge in [-0.25, -0.2) is 0 Å². The Morgan fingerprint density at radius 1 is 1.24 bits per heavy atom. The van der Waals surface area contributed by atoms with Crippen LogP contribution in [0.3, 0.4) is 0 Å². The molecular formula is C17H34N2O2. The molecule has 2 fully saturated rings. The summed E-state index contributed by atoms with van der Waals surface area (Å²) in [5, 5.41) is 3.84. The van der Waals surface area contributed by atoms with Crippen LogP contribution in [0.15, 0.2) is 0 Å². The first kappa shape index (κ1) is 17.2. The molecule has 1 aliphatic carbocycles. The summed E-state index contributed by atoms with van der Waals surface area (Å²) in [5.41, 5.74) is 0.321. The lowest BCUT2D eigenvalue weighted by atomic mass is 9.88. The average molecular weight is 298 g/mol. The maximum absolute atomic E-state index is 5.77. The fraction of sp³-hybridized carbons (Fsp3) is 1.00. The highest BCUT2D eigenvalue weighted by Crippen LogP contribution is 2.41. The van der Waals surface area contributed by atoms with Gasteiger partial charge in [0.05, 0.1) is 6.61 Å². The van der Waals surface area contributed by atoms with Crippen molar-refractivity contribution in [1.29, 1.82) is 0 Å². The molecule has 1 N–H and O–H groups in total. The number of piperazine rings is 1. The molecule has 0 amide bonds. The van der Waals surface area contributed by atoms with Crippen LogP contribution in [0.5, 0.6) is 0 Å². The van der Waals surface area contributed by atoms with Gasteiger partial charge in [0.15, 0.2) is 0 Å². The number of ether oxygens (including phenoxy) is 2. The van der Waals surface area contributed by atoms with Crippen molar-refractivity contribution >= 4 is 0 Å². The highest BCUT2D eigenvalue weighted by molar-refractivity contribution is 5.04. The van der Waals surface area contributed by atoms with E-state index in [-0.39, 0.29) is 0 Å². The van der Waals surface area contributed by atoms with Gasteiger partial charge >= 0.3 is 0 Å². The molecule has 124 valence electrons. The molecule has 1 heterocycles. The van der Waals surface area contributed by atoms with Crippen LogP contribution < -0.4 is 5.32 Å². The first-order valence-electron chi connectivity index (χ1n) is 8.62. The molecule has 0 aromatic heterocycles. The molecule has 2 rings (SSSR count). The van der Waals surface area contributed by atoms with Crippen LogP contribution in [0.25, 0.3) is 0 Å². The summed E-state index contributed by atoms with van der Waals surface area (Å²) in [6.45, 7) is 12.9. The molecular weight excluding hydrogens is 264 g/mol. The zero-order valence-electron chi connectivity index (χ0n) is 14.4. The van der Waals surface area contributed by atoms with Crippen LogP contribution in [0.1, 0.15) is 40.0 Å². The second kappa shape index (κ2) is 7.91. The third-order valence-corrected chi connectivity index (χ3v) is 5.12. The van der Waals surface area contributed by atoms with E-state index in [1.54, 1.807) is 7.11 Å². The third kappa shape index (κ3) is 4.92. The Morgan fingerprint density at radius 2 is 2.00 bits per heavy atom. The predicted octanol–water partition coefficient (Wildman–Crippen LogP) is 2.14. The smallest absolute Gasteiger partial charge is 0.0593 e. The molecule has 0 aromatic rings. The fourth-order valence-electron chi connectivity index (χ4n) is 3.55. The van der Waals surface area contributed by atoms with Crippen molar-refractivity contribution in [2.45, 2.75) is 51.6 Å². The van der Waals surface area contributed by atoms with E-state index in [4.69, 9.17) is 9.47 Å². The lowest BCUT2D eigenvalue weighted by molar-refractivity contribution is 0.0200. The number of hydrogen-bond acceptors (Lipinski definition) is 4. The average Bonchev–Trinajstić information content (AvgIpc) is 3.27. The molecule has 4 nitrogen and oxygen atoms in total. The molecule has 1 aliphatic heterocycles. The van der Waals surface area contributed by atoms with Gasteiger partial charge in [0.25, 0.3) is 0 Å². The Balaban J connectivity index is 1.77. The topological polar surface area (TPSA) is 33.7 Å². The molecule has 1 saturated heterocycles. The SMILES string of the molecule is COCCCOCCN1CC(C)(C2CC2)NCC1C(C)C. The van der Waals surface area contributed by atoms with Crippen molar-refractivity contribution in [1.82, 2.24) is 10.2 Å². The zero-order chi connectivity index (χ0) is 15.3. The van der Waals surface area contributed by atoms with Crippen molar-refractivity contribution in [3.05, 3.63) is 0 Å². The molecule has 0 bridgehead atoms. The van der Waals surface area contributed by atoms with Crippen LogP contribution in [-0.2, 0) is 9.47 Å². The molecule has 2 atom stereocenters. The van der Waals surface area contributed by atoms with Gasteiger partial charge in [-0.05, 0) is 38.0 Å². The molecule has 2 aliphatic rings. The van der Waals surface area contributed by atoms with Gasteiger partial charge in [-0.15, -0.1) is 0 Å². The van der Waals surface area contributed by atoms with E-state index >= 15 is 0 Å². The van der Waals surface area contributed by atoms with Gasteiger partial charge in [-0.1, -0.05) is 13.8 Å². The van der Waals surface area contributed by atoms with E-state index < -0.39 is 0 Å². The largest absolute Gasteiger partial charge is 0.385 e. The molecule has 0 spiro atoms. The van der Waals surface area contributed by atoms with Gasteiger partial charge in [-0.3, -0.25) is 4.90 Å². The lowest BCUT2D eigenvalue weighted by Gasteiger charge is -2.48. The van der Waals surface area contributed by atoms with Crippen molar-refractivity contribution in [3.63, 3.8) is 0 Å². The molecule has 0 radical (unpaired) electrons. The second-order valence-electron chi connectivity index (χ2n) is 7.31. The number of nitrogens with one attached hydrogen (secondary N) is 1. The summed E-state index contributed by atoms with van der Waals surface area (Å²) in [6.07, 6.45) is 3.79. The Labute approximate surface area is 130 Å². The van der Waals surface area contributed by atoms with Gasteiger partial charge in [0, 0.05) is 51.5 Å². The Morgan fingerprint density at radius 3 is 2.62 bits per heavy atom. The van der Waals surface area contributed by atoms with Gasteiger partial charge < -0.3 is 14.8 Å². The minimum absolute atomic E-state index is 0.321. The number of methoxy groups -OCH3 is 1. The van der Waals surface area contributed by atoms with Gasteiger partial charge in [0.1, 0.15) is 0 Å². The monoisotopic (exact) mass is 298 g/mol. The first-order chi connectivity index (χ1) is 10.1. The van der Waals surface area contributed by atoms with Crippen molar-refractivity contribution in [2.75, 3.05) is 46.6 Å². The van der Waals surface area contributed by atoms with E-state index in [0.717, 1.165) is 45.2 Å². The van der Waals surface area contributed by atoms with Crippen LogP contribution in [-0.4, -0.2) is 63.0 Å². The summed E-state index contributed by atoms with van der Waals surface area (Å²) in [7, 11) is 1.74. The van der Waals surface area contributed by atoms with E-state index in [1.807, 2.05) is 0 Å². The summed E-state index contributed by atoms with van der Waals surface area (Å²) in [5.74, 6) is 1.57. The minimum atomic E-state index is 0.321. The number of hydrogen-bond donors (Lipinski definition) is 1. The molecule has 4 heteroatoms. The van der Waals surface area contributed by atoms with Crippen LogP contribution in [0, 0.1) is 11.8 Å². The van der Waals surface area contributed by atoms with Crippen molar-refractivity contribution in [3.8, 4) is 0 Å². The fourth-order valence-corrected chi connectivity index (χ4v) is 3.55. The lowest BCUT2D eigenvalue weighted by Crippen LogP contribution is -2.65. The third-order valence-electron chi connectivity index (χ3n) is 5.12. The maximum atomic E-state index is 5.77. The standard InChI is InChI=1S/C17H34N2O2/c1-14(2)16-12-18-17(3,15-6-7-15)13-19(16)8-11-21-10-5-9-20-4/h14-16,18H,5-13H2,1-4H3. The highest BCUT2D eigenvalue weighted by Gasteiger charge is 2.46. The molecule has 0 aromatic carbocycles. The second-order valence-corrected chi connectivity index (χ2v) is 7.31. The highest BCUT2D eigenvalue weighted by atomic mass is 16.5. The van der Waals surface area contributed by atoms with Gasteiger partial charge in [0.2, 0.25) is 0 Å². The van der Waals surface area contributed by atoms with E-state index in [2.05, 4.69) is 31.0 Å². The van der Waals surface area contributed by atoms with Crippen LogP contribution in [0.2, 0.25) is 0 Å². The van der Waals surface area contributed by atoms with Crippen molar-refractivity contribution in [2.24, 2.45) is 11.8 Å². The Kier molecular flexibility index (Phi) is 6.48. The van der Waals surface area contributed by atoms with E-state index in [1.165, 1.54) is 19.4 Å². The zero-order valence-corrected chi connectivity index (χ0v) is 14.4. The Hall–Kier alpha value is -0.160. The molecule has 21 heavy (non-hydrogen) atoms. The summed E-state index contributed by atoms with van der Waals surface area (Å²) < 4.78 is 10.8. The van der Waals surface area contributed by atoms with Crippen LogP contribution in [0.4, 0.5) is 0 Å². The normalized spacial score (nSPS) is 31.0. The summed E-state index contributed by atoms with van der Waals surface area (Å²) in [6, 6.07) is 0.638. The number of rotatable bonds is 9. The first-order valence-corrected chi connectivity index (χ1v) is 8.62. The predicted molar refractivity (Wildman–Crippen MR) is 86.6 cm³/mol. The maximum Gasteiger partial charge on any atom is 0.0593 e. The summed E-state index contributed by atoms with van der Waals surface area (Å²) in [4.78, 5) is 2.66.